The van der Waals surface area contributed by atoms with Crippen molar-refractivity contribution < 1.29 is 29.0 Å². The Bertz CT molecular complexity index is 740. The number of allylic oxidation sites excluding steroid dienone is 3. The van der Waals surface area contributed by atoms with E-state index in [1.807, 2.05) is 33.8 Å². The highest BCUT2D eigenvalue weighted by atomic mass is 28.4. The van der Waals surface area contributed by atoms with Gasteiger partial charge >= 0.3 is 11.9 Å². The van der Waals surface area contributed by atoms with E-state index in [0.717, 1.165) is 31.3 Å². The van der Waals surface area contributed by atoms with E-state index in [0.29, 0.717) is 12.3 Å². The Hall–Kier alpha value is -1.44. The Morgan fingerprint density at radius 3 is 2.00 bits per heavy atom. The Morgan fingerprint density at radius 2 is 1.51 bits per heavy atom. The molecule has 0 fully saturated rings. The van der Waals surface area contributed by atoms with Crippen molar-refractivity contribution in [3.05, 3.63) is 23.3 Å². The van der Waals surface area contributed by atoms with Gasteiger partial charge in [0.25, 0.3) is 0 Å². The van der Waals surface area contributed by atoms with E-state index in [2.05, 4.69) is 47.7 Å². The summed E-state index contributed by atoms with van der Waals surface area (Å²) in [6, 6.07) is 0. The minimum absolute atomic E-state index is 0.00617. The summed E-state index contributed by atoms with van der Waals surface area (Å²) >= 11 is 0. The van der Waals surface area contributed by atoms with E-state index in [-0.39, 0.29) is 17.6 Å². The van der Waals surface area contributed by atoms with Crippen LogP contribution < -0.4 is 0 Å². The lowest BCUT2D eigenvalue weighted by molar-refractivity contribution is -0.149. The molecule has 0 bridgehead atoms. The molecule has 3 atom stereocenters. The van der Waals surface area contributed by atoms with Gasteiger partial charge in [0.2, 0.25) is 0 Å². The Balaban J connectivity index is 4.59. The number of hydrogen-bond acceptors (Lipinski definition) is 5. The van der Waals surface area contributed by atoms with Gasteiger partial charge in [-0.1, -0.05) is 58.6 Å². The SMILES string of the molecule is CC(=C\C(=O)OC(C)(C)C)/C=C(\C)C[C@H](C)CCCC[C@@H](O)[C@@H](CO[Si](C)(C)C(C)(C)C)C(=O)O. The highest BCUT2D eigenvalue weighted by molar-refractivity contribution is 6.74. The highest BCUT2D eigenvalue weighted by Crippen LogP contribution is 2.37. The van der Waals surface area contributed by atoms with Crippen LogP contribution in [0.5, 0.6) is 0 Å². The normalized spacial score (nSPS) is 16.6. The van der Waals surface area contributed by atoms with Crippen LogP contribution in [0.15, 0.2) is 23.3 Å². The molecular weight excluding hydrogens is 460 g/mol. The summed E-state index contributed by atoms with van der Waals surface area (Å²) in [6.07, 6.45) is 6.69. The first kappa shape index (κ1) is 33.6. The van der Waals surface area contributed by atoms with Crippen LogP contribution in [-0.2, 0) is 18.8 Å². The molecule has 0 aromatic heterocycles. The number of aliphatic carboxylic acids is 1. The second-order valence-corrected chi connectivity index (χ2v) is 17.4. The van der Waals surface area contributed by atoms with Crippen molar-refractivity contribution in [1.82, 2.24) is 0 Å². The van der Waals surface area contributed by atoms with Gasteiger partial charge in [0.05, 0.1) is 6.10 Å². The predicted octanol–water partition coefficient (Wildman–Crippen LogP) is 6.89. The van der Waals surface area contributed by atoms with Gasteiger partial charge in [-0.05, 0) is 77.1 Å². The topological polar surface area (TPSA) is 93.1 Å². The van der Waals surface area contributed by atoms with E-state index in [4.69, 9.17) is 9.16 Å². The summed E-state index contributed by atoms with van der Waals surface area (Å²) in [5, 5.41) is 20.1. The fraction of sp³-hybridized carbons (Fsp3) is 0.786. The molecule has 0 saturated heterocycles. The molecule has 0 aromatic rings. The summed E-state index contributed by atoms with van der Waals surface area (Å²) in [5.41, 5.74) is 1.56. The summed E-state index contributed by atoms with van der Waals surface area (Å²) in [7, 11) is -2.07. The van der Waals surface area contributed by atoms with Crippen LogP contribution in [0.1, 0.15) is 94.4 Å². The van der Waals surface area contributed by atoms with Gasteiger partial charge in [-0.2, -0.15) is 0 Å². The van der Waals surface area contributed by atoms with Crippen LogP contribution in [0.25, 0.3) is 0 Å². The minimum atomic E-state index is -2.07. The standard InChI is InChI=1S/C28H52O6Si/c1-20(16-21(2)17-22(3)18-25(30)34-27(4,5)6)14-12-13-15-24(29)23(26(31)32)19-33-35(10,11)28(7,8)9/h17-18,20,23-24,29H,12-16,19H2,1-11H3,(H,31,32)/b21-17+,22-18+/t20-,23-,24-/m1/s1. The van der Waals surface area contributed by atoms with Crippen molar-refractivity contribution in [3.8, 4) is 0 Å². The molecule has 0 amide bonds. The molecule has 204 valence electrons. The van der Waals surface area contributed by atoms with Crippen molar-refractivity contribution in [3.63, 3.8) is 0 Å². The second kappa shape index (κ2) is 14.3. The maximum absolute atomic E-state index is 11.9. The summed E-state index contributed by atoms with van der Waals surface area (Å²) in [5.74, 6) is -1.78. The van der Waals surface area contributed by atoms with Crippen molar-refractivity contribution in [2.75, 3.05) is 6.61 Å². The lowest BCUT2D eigenvalue weighted by Crippen LogP contribution is -2.44. The van der Waals surface area contributed by atoms with E-state index < -0.39 is 31.9 Å². The minimum Gasteiger partial charge on any atom is -0.481 e. The molecule has 7 heteroatoms. The molecule has 0 spiro atoms. The zero-order valence-corrected chi connectivity index (χ0v) is 25.2. The number of carboxylic acids is 1. The summed E-state index contributed by atoms with van der Waals surface area (Å²) in [6.45, 7) is 22.3. The predicted molar refractivity (Wildman–Crippen MR) is 146 cm³/mol. The molecule has 0 heterocycles. The van der Waals surface area contributed by atoms with Crippen molar-refractivity contribution in [1.29, 1.82) is 0 Å². The molecule has 2 N–H and O–H groups in total. The maximum atomic E-state index is 11.9. The number of rotatable bonds is 14. The molecule has 0 aromatic carbocycles. The number of hydrogen-bond donors (Lipinski definition) is 2. The fourth-order valence-electron chi connectivity index (χ4n) is 3.57. The number of carbonyl (C=O) groups excluding carboxylic acids is 1. The third kappa shape index (κ3) is 14.6. The molecular formula is C28H52O6Si. The summed E-state index contributed by atoms with van der Waals surface area (Å²) < 4.78 is 11.4. The van der Waals surface area contributed by atoms with Crippen LogP contribution in [0.4, 0.5) is 0 Å². The number of aliphatic hydroxyl groups is 1. The Morgan fingerprint density at radius 1 is 0.971 bits per heavy atom. The first-order valence-electron chi connectivity index (χ1n) is 12.9. The zero-order chi connectivity index (χ0) is 27.6. The molecule has 0 aliphatic rings. The average Bonchev–Trinajstić information content (AvgIpc) is 2.61. The maximum Gasteiger partial charge on any atom is 0.331 e. The van der Waals surface area contributed by atoms with Crippen LogP contribution in [-0.4, -0.2) is 48.8 Å². The van der Waals surface area contributed by atoms with Crippen LogP contribution in [0.3, 0.4) is 0 Å². The lowest BCUT2D eigenvalue weighted by Gasteiger charge is -2.37. The molecule has 0 rings (SSSR count). The largest absolute Gasteiger partial charge is 0.481 e. The van der Waals surface area contributed by atoms with Crippen LogP contribution in [0.2, 0.25) is 18.1 Å². The van der Waals surface area contributed by atoms with Crippen LogP contribution >= 0.6 is 0 Å². The smallest absolute Gasteiger partial charge is 0.331 e. The van der Waals surface area contributed by atoms with Gasteiger partial charge in [-0.3, -0.25) is 4.79 Å². The first-order chi connectivity index (χ1) is 15.7. The molecule has 6 nitrogen and oxygen atoms in total. The lowest BCUT2D eigenvalue weighted by atomic mass is 9.93. The monoisotopic (exact) mass is 512 g/mol. The van der Waals surface area contributed by atoms with E-state index >= 15 is 0 Å². The van der Waals surface area contributed by atoms with Crippen molar-refractivity contribution in [2.45, 2.75) is 124 Å². The van der Waals surface area contributed by atoms with Gasteiger partial charge in [-0.15, -0.1) is 0 Å². The number of esters is 1. The van der Waals surface area contributed by atoms with E-state index in [1.165, 1.54) is 11.6 Å². The number of unbranched alkanes of at least 4 members (excludes halogenated alkanes) is 1. The van der Waals surface area contributed by atoms with Gasteiger partial charge < -0.3 is 19.4 Å². The number of carboxylic acid groups (broad SMARTS) is 1. The molecule has 0 aliphatic carbocycles. The van der Waals surface area contributed by atoms with Gasteiger partial charge in [0, 0.05) is 12.7 Å². The van der Waals surface area contributed by atoms with Crippen molar-refractivity contribution >= 4 is 20.3 Å². The Kier molecular flexibility index (Phi) is 13.7. The Labute approximate surface area is 215 Å². The molecule has 0 saturated carbocycles. The van der Waals surface area contributed by atoms with E-state index in [1.54, 1.807) is 0 Å². The molecule has 35 heavy (non-hydrogen) atoms. The van der Waals surface area contributed by atoms with Gasteiger partial charge in [0.1, 0.15) is 11.5 Å². The quantitative estimate of drug-likeness (QED) is 0.0865. The molecule has 0 radical (unpaired) electrons. The summed E-state index contributed by atoms with van der Waals surface area (Å²) in [4.78, 5) is 23.7. The van der Waals surface area contributed by atoms with Crippen LogP contribution in [0, 0.1) is 11.8 Å². The average molecular weight is 513 g/mol. The van der Waals surface area contributed by atoms with Gasteiger partial charge in [0.15, 0.2) is 8.32 Å². The molecule has 0 aliphatic heterocycles. The first-order valence-corrected chi connectivity index (χ1v) is 15.8. The second-order valence-electron chi connectivity index (χ2n) is 12.6. The number of carbonyl (C=O) groups is 2. The van der Waals surface area contributed by atoms with Crippen molar-refractivity contribution in [2.24, 2.45) is 11.8 Å². The fourth-order valence-corrected chi connectivity index (χ4v) is 4.60. The third-order valence-electron chi connectivity index (χ3n) is 6.56. The third-order valence-corrected chi connectivity index (χ3v) is 11.1. The molecule has 0 unspecified atom stereocenters. The zero-order valence-electron chi connectivity index (χ0n) is 24.2. The number of ether oxygens (including phenoxy) is 1. The van der Waals surface area contributed by atoms with E-state index in [9.17, 15) is 19.8 Å². The van der Waals surface area contributed by atoms with Gasteiger partial charge in [-0.25, -0.2) is 4.79 Å². The number of aliphatic hydroxyl groups excluding tert-OH is 1. The highest BCUT2D eigenvalue weighted by Gasteiger charge is 2.39.